The highest BCUT2D eigenvalue weighted by atomic mass is 31.2. The molecule has 0 heterocycles. The minimum Gasteiger partial charge on any atom is -0.461 e. The largest absolute Gasteiger partial charge is 0.590 e. The molecule has 10 heteroatoms. The Morgan fingerprint density at radius 3 is 2.03 bits per heavy atom. The van der Waals surface area contributed by atoms with Crippen molar-refractivity contribution in [2.75, 3.05) is 0 Å². The first kappa shape index (κ1) is 26.5. The van der Waals surface area contributed by atoms with Crippen molar-refractivity contribution in [3.8, 4) is 11.5 Å². The lowest BCUT2D eigenvalue weighted by Crippen LogP contribution is -2.40. The third kappa shape index (κ3) is 7.49. The molecule has 0 aromatic heterocycles. The highest BCUT2D eigenvalue weighted by molar-refractivity contribution is 7.59. The minimum absolute atomic E-state index is 0.120. The second-order valence-electron chi connectivity index (χ2n) is 8.94. The zero-order valence-corrected chi connectivity index (χ0v) is 21.3. The number of nitro benzene ring substituents is 1. The number of carbonyl (C=O) groups is 1. The number of ether oxygens (including phenoxy) is 1. The topological polar surface area (TPSA) is 120 Å². The van der Waals surface area contributed by atoms with Crippen molar-refractivity contribution in [1.82, 2.24) is 5.09 Å². The number of benzene rings is 3. The molecule has 4 rings (SSSR count). The lowest BCUT2D eigenvalue weighted by molar-refractivity contribution is -0.384. The molecular formula is C27H30N2O7P+. The maximum absolute atomic E-state index is 12.9. The molecule has 1 aliphatic rings. The Hall–Kier alpha value is -3.52. The van der Waals surface area contributed by atoms with Crippen LogP contribution in [-0.2, 0) is 9.53 Å². The van der Waals surface area contributed by atoms with Crippen LogP contribution in [0.3, 0.4) is 0 Å². The van der Waals surface area contributed by atoms with Crippen LogP contribution in [0.1, 0.15) is 44.1 Å². The Balaban J connectivity index is 1.38. The van der Waals surface area contributed by atoms with Crippen LogP contribution in [0.15, 0.2) is 84.9 Å². The van der Waals surface area contributed by atoms with Crippen molar-refractivity contribution >= 4 is 19.8 Å². The summed E-state index contributed by atoms with van der Waals surface area (Å²) in [5.41, 5.74) is 1.18. The van der Waals surface area contributed by atoms with E-state index in [0.29, 0.717) is 11.7 Å². The van der Waals surface area contributed by atoms with E-state index < -0.39 is 25.0 Å². The van der Waals surface area contributed by atoms with Gasteiger partial charge in [0.2, 0.25) is 0 Å². The van der Waals surface area contributed by atoms with Crippen molar-refractivity contribution in [2.45, 2.75) is 50.7 Å². The summed E-state index contributed by atoms with van der Waals surface area (Å²) in [7, 11) is -3.89. The van der Waals surface area contributed by atoms with Gasteiger partial charge in [0.05, 0.1) is 4.92 Å². The van der Waals surface area contributed by atoms with E-state index >= 15 is 0 Å². The molecule has 194 valence electrons. The van der Waals surface area contributed by atoms with Gasteiger partial charge in [-0.1, -0.05) is 53.6 Å². The molecule has 0 saturated heterocycles. The van der Waals surface area contributed by atoms with Gasteiger partial charge in [-0.15, -0.1) is 0 Å². The van der Waals surface area contributed by atoms with Crippen LogP contribution in [-0.4, -0.2) is 27.9 Å². The molecule has 0 amide bonds. The molecule has 1 saturated carbocycles. The van der Waals surface area contributed by atoms with E-state index in [1.165, 1.54) is 29.8 Å². The Kier molecular flexibility index (Phi) is 8.71. The monoisotopic (exact) mass is 525 g/mol. The smallest absolute Gasteiger partial charge is 0.461 e. The second-order valence-corrected chi connectivity index (χ2v) is 10.6. The SMILES string of the molecule is C[C@H](N[P+](O)(Oc1ccccc1)Oc1ccc([N+](=O)[O-])cc1)C(=O)OC1CCC(c2ccccc2)CC1. The van der Waals surface area contributed by atoms with Gasteiger partial charge in [-0.05, 0) is 68.4 Å². The predicted molar refractivity (Wildman–Crippen MR) is 140 cm³/mol. The fraction of sp³-hybridized carbons (Fsp3) is 0.296. The van der Waals surface area contributed by atoms with E-state index in [1.807, 2.05) is 18.2 Å². The molecule has 0 radical (unpaired) electrons. The highest BCUT2D eigenvalue weighted by Crippen LogP contribution is 2.53. The maximum Gasteiger partial charge on any atom is 0.590 e. The molecule has 0 bridgehead atoms. The van der Waals surface area contributed by atoms with Gasteiger partial charge in [-0.25, -0.2) is 0 Å². The third-order valence-electron chi connectivity index (χ3n) is 6.19. The molecule has 0 spiro atoms. The number of nitrogens with zero attached hydrogens (tertiary/aromatic N) is 1. The summed E-state index contributed by atoms with van der Waals surface area (Å²) in [6.45, 7) is 1.57. The molecule has 3 aromatic rings. The molecule has 1 unspecified atom stereocenters. The molecule has 1 aliphatic carbocycles. The van der Waals surface area contributed by atoms with Gasteiger partial charge in [0.15, 0.2) is 11.5 Å². The number of rotatable bonds is 10. The summed E-state index contributed by atoms with van der Waals surface area (Å²) >= 11 is 0. The van der Waals surface area contributed by atoms with Crippen molar-refractivity contribution in [3.63, 3.8) is 0 Å². The fourth-order valence-electron chi connectivity index (χ4n) is 4.27. The molecule has 2 N–H and O–H groups in total. The minimum atomic E-state index is -3.89. The van der Waals surface area contributed by atoms with Gasteiger partial charge < -0.3 is 4.74 Å². The number of esters is 1. The molecule has 1 fully saturated rings. The fourth-order valence-corrected chi connectivity index (χ4v) is 5.82. The highest BCUT2D eigenvalue weighted by Gasteiger charge is 2.48. The van der Waals surface area contributed by atoms with Crippen molar-refractivity contribution in [1.29, 1.82) is 0 Å². The van der Waals surface area contributed by atoms with Crippen LogP contribution in [0, 0.1) is 10.1 Å². The Morgan fingerprint density at radius 1 is 0.919 bits per heavy atom. The van der Waals surface area contributed by atoms with Gasteiger partial charge in [0.25, 0.3) is 5.69 Å². The van der Waals surface area contributed by atoms with Crippen LogP contribution in [0.25, 0.3) is 0 Å². The van der Waals surface area contributed by atoms with Gasteiger partial charge >= 0.3 is 14.1 Å². The van der Waals surface area contributed by atoms with Crippen LogP contribution in [0.2, 0.25) is 0 Å². The molecule has 2 atom stereocenters. The van der Waals surface area contributed by atoms with Crippen molar-refractivity contribution < 1.29 is 28.4 Å². The number of carbonyl (C=O) groups excluding carboxylic acids is 1. The summed E-state index contributed by atoms with van der Waals surface area (Å²) in [6.07, 6.45) is 3.19. The van der Waals surface area contributed by atoms with Crippen LogP contribution < -0.4 is 14.1 Å². The van der Waals surface area contributed by atoms with Gasteiger partial charge in [-0.2, -0.15) is 4.89 Å². The van der Waals surface area contributed by atoms with Crippen LogP contribution in [0.4, 0.5) is 5.69 Å². The lowest BCUT2D eigenvalue weighted by Gasteiger charge is -2.29. The molecule has 0 aliphatic heterocycles. The average molecular weight is 526 g/mol. The number of nitrogens with one attached hydrogen (secondary N) is 1. The number of hydrogen-bond acceptors (Lipinski definition) is 8. The zero-order chi connectivity index (χ0) is 26.3. The first-order valence-corrected chi connectivity index (χ1v) is 13.7. The number of para-hydroxylation sites is 1. The zero-order valence-electron chi connectivity index (χ0n) is 20.4. The molecule has 3 aromatic carbocycles. The first-order chi connectivity index (χ1) is 17.8. The van der Waals surface area contributed by atoms with Crippen LogP contribution in [0.5, 0.6) is 11.5 Å². The van der Waals surface area contributed by atoms with E-state index in [-0.39, 0.29) is 17.5 Å². The van der Waals surface area contributed by atoms with Crippen molar-refractivity contribution in [2.24, 2.45) is 0 Å². The third-order valence-corrected chi connectivity index (χ3v) is 7.82. The number of nitro groups is 1. The predicted octanol–water partition coefficient (Wildman–Crippen LogP) is 5.97. The van der Waals surface area contributed by atoms with Gasteiger partial charge in [-0.3, -0.25) is 24.0 Å². The first-order valence-electron chi connectivity index (χ1n) is 12.1. The van der Waals surface area contributed by atoms with E-state index in [0.717, 1.165) is 25.7 Å². The van der Waals surface area contributed by atoms with Gasteiger partial charge in [0.1, 0.15) is 12.1 Å². The molecule has 9 nitrogen and oxygen atoms in total. The summed E-state index contributed by atoms with van der Waals surface area (Å²) in [5.74, 6) is 0.403. The second kappa shape index (κ2) is 12.1. The average Bonchev–Trinajstić information content (AvgIpc) is 2.90. The van der Waals surface area contributed by atoms with E-state index in [2.05, 4.69) is 17.2 Å². The Labute approximate surface area is 216 Å². The summed E-state index contributed by atoms with van der Waals surface area (Å²) in [5, 5.41) is 13.7. The summed E-state index contributed by atoms with van der Waals surface area (Å²) in [6, 6.07) is 23.2. The molecular weight excluding hydrogens is 495 g/mol. The number of non-ortho nitro benzene ring substituents is 1. The maximum atomic E-state index is 12.9. The quantitative estimate of drug-likeness (QED) is 0.144. The van der Waals surface area contributed by atoms with E-state index in [4.69, 9.17) is 13.8 Å². The lowest BCUT2D eigenvalue weighted by atomic mass is 9.83. The van der Waals surface area contributed by atoms with Crippen LogP contribution >= 0.6 is 8.09 Å². The van der Waals surface area contributed by atoms with E-state index in [9.17, 15) is 19.8 Å². The normalized spacial score (nSPS) is 19.7. The Morgan fingerprint density at radius 2 is 1.46 bits per heavy atom. The summed E-state index contributed by atoms with van der Waals surface area (Å²) < 4.78 is 17.2. The van der Waals surface area contributed by atoms with Crippen molar-refractivity contribution in [3.05, 3.63) is 101 Å². The Bertz CT molecular complexity index is 1170. The summed E-state index contributed by atoms with van der Waals surface area (Å²) in [4.78, 5) is 34.6. The van der Waals surface area contributed by atoms with E-state index in [1.54, 1.807) is 37.3 Å². The number of hydrogen-bond donors (Lipinski definition) is 2. The van der Waals surface area contributed by atoms with Gasteiger partial charge in [0, 0.05) is 12.1 Å². The standard InChI is InChI=1S/C27H30N2O7P/c1-20(27(30)34-24-16-12-22(13-17-24)21-8-4-2-5-9-21)28-37(33,35-25-10-6-3-7-11-25)36-26-18-14-23(15-19-26)29(31)32/h2-11,14-15,18-20,22,24,28,33H,12-13,16-17H2,1H3/q+1/t20-,22?,24?,37?/m0/s1. The molecule has 37 heavy (non-hydrogen) atoms.